The van der Waals surface area contributed by atoms with Crippen molar-refractivity contribution in [3.63, 3.8) is 0 Å². The molecule has 104 valence electrons. The van der Waals surface area contributed by atoms with Crippen LogP contribution in [-0.2, 0) is 13.1 Å². The maximum atomic E-state index is 4.78. The van der Waals surface area contributed by atoms with Gasteiger partial charge in [0.05, 0.1) is 6.54 Å². The topological polar surface area (TPSA) is 55.9 Å². The molecular formula is C15H18N4O. The van der Waals surface area contributed by atoms with Gasteiger partial charge in [-0.25, -0.2) is 0 Å². The van der Waals surface area contributed by atoms with Gasteiger partial charge >= 0.3 is 0 Å². The summed E-state index contributed by atoms with van der Waals surface area (Å²) in [4.78, 5) is 4.07. The quantitative estimate of drug-likeness (QED) is 0.774. The summed E-state index contributed by atoms with van der Waals surface area (Å²) >= 11 is 0. The van der Waals surface area contributed by atoms with E-state index >= 15 is 0 Å². The fourth-order valence-electron chi connectivity index (χ4n) is 2.31. The van der Waals surface area contributed by atoms with E-state index < -0.39 is 0 Å². The van der Waals surface area contributed by atoms with Crippen LogP contribution in [0.1, 0.15) is 25.2 Å². The molecule has 0 unspecified atom stereocenters. The lowest BCUT2D eigenvalue weighted by atomic mass is 10.1. The molecule has 0 aliphatic heterocycles. The van der Waals surface area contributed by atoms with Gasteiger partial charge in [0, 0.05) is 29.7 Å². The van der Waals surface area contributed by atoms with Crippen molar-refractivity contribution < 1.29 is 4.52 Å². The van der Waals surface area contributed by atoms with Crippen molar-refractivity contribution in [2.24, 2.45) is 0 Å². The lowest BCUT2D eigenvalue weighted by molar-refractivity contribution is 0.408. The van der Waals surface area contributed by atoms with Gasteiger partial charge in [-0.15, -0.1) is 0 Å². The molecule has 0 aliphatic rings. The van der Waals surface area contributed by atoms with Gasteiger partial charge in [-0.05, 0) is 17.7 Å². The van der Waals surface area contributed by atoms with Crippen molar-refractivity contribution >= 4 is 10.9 Å². The number of fused-ring (bicyclic) bond motifs is 1. The molecule has 1 N–H and O–H groups in total. The van der Waals surface area contributed by atoms with Gasteiger partial charge in [0.2, 0.25) is 6.39 Å². The van der Waals surface area contributed by atoms with Gasteiger partial charge < -0.3 is 14.4 Å². The van der Waals surface area contributed by atoms with Crippen LogP contribution >= 0.6 is 0 Å². The Morgan fingerprint density at radius 1 is 1.30 bits per heavy atom. The second-order valence-corrected chi connectivity index (χ2v) is 5.18. The van der Waals surface area contributed by atoms with Crippen LogP contribution in [0.2, 0.25) is 0 Å². The Bertz CT molecular complexity index is 685. The Labute approximate surface area is 117 Å². The van der Waals surface area contributed by atoms with Gasteiger partial charge in [-0.3, -0.25) is 0 Å². The third-order valence-electron chi connectivity index (χ3n) is 3.32. The highest BCUT2D eigenvalue weighted by Crippen LogP contribution is 2.21. The molecule has 20 heavy (non-hydrogen) atoms. The molecule has 2 heterocycles. The molecule has 0 saturated heterocycles. The summed E-state index contributed by atoms with van der Waals surface area (Å²) in [6, 6.07) is 9.00. The summed E-state index contributed by atoms with van der Waals surface area (Å²) in [6.45, 7) is 5.81. The molecule has 0 bridgehead atoms. The van der Waals surface area contributed by atoms with Crippen LogP contribution in [0.15, 0.2) is 41.4 Å². The molecule has 0 saturated carbocycles. The first kappa shape index (κ1) is 12.9. The number of benzene rings is 1. The lowest BCUT2D eigenvalue weighted by Gasteiger charge is -2.09. The second-order valence-electron chi connectivity index (χ2n) is 5.18. The van der Waals surface area contributed by atoms with E-state index in [1.807, 2.05) is 0 Å². The predicted octanol–water partition coefficient (Wildman–Crippen LogP) is 2.57. The molecule has 0 radical (unpaired) electrons. The van der Waals surface area contributed by atoms with E-state index in [1.165, 1.54) is 22.9 Å². The zero-order valence-electron chi connectivity index (χ0n) is 11.7. The third kappa shape index (κ3) is 2.58. The van der Waals surface area contributed by atoms with Crippen LogP contribution in [0, 0.1) is 0 Å². The van der Waals surface area contributed by atoms with Gasteiger partial charge in [0.25, 0.3) is 0 Å². The van der Waals surface area contributed by atoms with Crippen molar-refractivity contribution in [1.29, 1.82) is 0 Å². The second kappa shape index (κ2) is 5.46. The monoisotopic (exact) mass is 270 g/mol. The standard InChI is InChI=1S/C15H18N4O/c1-11(2)16-8-12-4-3-5-14-13(12)6-7-19(14)9-15-17-10-20-18-15/h3-7,10-11,16H,8-9H2,1-2H3. The number of nitrogens with one attached hydrogen (secondary N) is 1. The van der Waals surface area contributed by atoms with E-state index in [9.17, 15) is 0 Å². The van der Waals surface area contributed by atoms with Crippen molar-refractivity contribution in [1.82, 2.24) is 20.0 Å². The van der Waals surface area contributed by atoms with Gasteiger partial charge in [-0.2, -0.15) is 4.98 Å². The largest absolute Gasteiger partial charge is 0.343 e. The van der Waals surface area contributed by atoms with Crippen molar-refractivity contribution in [3.05, 3.63) is 48.2 Å². The SMILES string of the molecule is CC(C)NCc1cccc2c1ccn2Cc1ncon1. The van der Waals surface area contributed by atoms with Crippen molar-refractivity contribution in [2.75, 3.05) is 0 Å². The van der Waals surface area contributed by atoms with Crippen molar-refractivity contribution in [3.8, 4) is 0 Å². The molecule has 3 aromatic rings. The number of aromatic nitrogens is 3. The number of rotatable bonds is 5. The minimum atomic E-state index is 0.478. The highest BCUT2D eigenvalue weighted by atomic mass is 16.5. The highest BCUT2D eigenvalue weighted by Gasteiger charge is 2.08. The minimum Gasteiger partial charge on any atom is -0.343 e. The highest BCUT2D eigenvalue weighted by molar-refractivity contribution is 5.83. The molecular weight excluding hydrogens is 252 g/mol. The van der Waals surface area contributed by atoms with Crippen LogP contribution in [0.25, 0.3) is 10.9 Å². The van der Waals surface area contributed by atoms with E-state index in [2.05, 4.69) is 64.3 Å². The Hall–Kier alpha value is -2.14. The Balaban J connectivity index is 1.90. The predicted molar refractivity (Wildman–Crippen MR) is 77.3 cm³/mol. The summed E-state index contributed by atoms with van der Waals surface area (Å²) in [5.41, 5.74) is 2.50. The number of nitrogens with zero attached hydrogens (tertiary/aromatic N) is 3. The Morgan fingerprint density at radius 3 is 2.95 bits per heavy atom. The molecule has 2 aromatic heterocycles. The molecule has 0 amide bonds. The molecule has 0 atom stereocenters. The van der Waals surface area contributed by atoms with Gasteiger partial charge in [0.15, 0.2) is 5.82 Å². The smallest absolute Gasteiger partial charge is 0.213 e. The van der Waals surface area contributed by atoms with E-state index in [0.29, 0.717) is 18.4 Å². The number of hydrogen-bond acceptors (Lipinski definition) is 4. The Morgan fingerprint density at radius 2 is 2.20 bits per heavy atom. The van der Waals surface area contributed by atoms with Crippen LogP contribution in [0.3, 0.4) is 0 Å². The van der Waals surface area contributed by atoms with E-state index in [-0.39, 0.29) is 0 Å². The zero-order valence-corrected chi connectivity index (χ0v) is 11.7. The summed E-state index contributed by atoms with van der Waals surface area (Å²) < 4.78 is 6.92. The maximum Gasteiger partial charge on any atom is 0.213 e. The lowest BCUT2D eigenvalue weighted by Crippen LogP contribution is -2.21. The third-order valence-corrected chi connectivity index (χ3v) is 3.32. The van der Waals surface area contributed by atoms with E-state index in [1.54, 1.807) is 0 Å². The Kier molecular flexibility index (Phi) is 3.52. The first-order chi connectivity index (χ1) is 9.74. The zero-order chi connectivity index (χ0) is 13.9. The molecule has 0 aliphatic carbocycles. The molecule has 0 spiro atoms. The van der Waals surface area contributed by atoms with Crippen molar-refractivity contribution in [2.45, 2.75) is 33.0 Å². The fraction of sp³-hybridized carbons (Fsp3) is 0.333. The summed E-state index contributed by atoms with van der Waals surface area (Å²) in [7, 11) is 0. The first-order valence-corrected chi connectivity index (χ1v) is 6.79. The normalized spacial score (nSPS) is 11.6. The average molecular weight is 270 g/mol. The van der Waals surface area contributed by atoms with Crippen LogP contribution in [-0.4, -0.2) is 20.7 Å². The molecule has 3 rings (SSSR count). The summed E-state index contributed by atoms with van der Waals surface area (Å²) in [6.07, 6.45) is 3.43. The molecule has 5 nitrogen and oxygen atoms in total. The van der Waals surface area contributed by atoms with E-state index in [0.717, 1.165) is 6.54 Å². The van der Waals surface area contributed by atoms with Gasteiger partial charge in [-0.1, -0.05) is 31.1 Å². The number of hydrogen-bond donors (Lipinski definition) is 1. The average Bonchev–Trinajstić information content (AvgIpc) is 3.07. The summed E-state index contributed by atoms with van der Waals surface area (Å²) in [5, 5.41) is 8.59. The molecule has 1 aromatic carbocycles. The summed E-state index contributed by atoms with van der Waals surface area (Å²) in [5.74, 6) is 0.688. The fourth-order valence-corrected chi connectivity index (χ4v) is 2.31. The van der Waals surface area contributed by atoms with Crippen LogP contribution < -0.4 is 5.32 Å². The molecule has 5 heteroatoms. The van der Waals surface area contributed by atoms with Gasteiger partial charge in [0.1, 0.15) is 0 Å². The van der Waals surface area contributed by atoms with E-state index in [4.69, 9.17) is 4.52 Å². The molecule has 0 fully saturated rings. The van der Waals surface area contributed by atoms with Crippen LogP contribution in [0.5, 0.6) is 0 Å². The maximum absolute atomic E-state index is 4.78. The minimum absolute atomic E-state index is 0.478. The van der Waals surface area contributed by atoms with Crippen LogP contribution in [0.4, 0.5) is 0 Å². The first-order valence-electron chi connectivity index (χ1n) is 6.79.